The lowest BCUT2D eigenvalue weighted by molar-refractivity contribution is -0.139. The van der Waals surface area contributed by atoms with Crippen LogP contribution in [0.4, 0.5) is 0 Å². The van der Waals surface area contributed by atoms with E-state index >= 15 is 0 Å². The Bertz CT molecular complexity index is 445. The van der Waals surface area contributed by atoms with E-state index in [2.05, 4.69) is 5.32 Å². The van der Waals surface area contributed by atoms with Gasteiger partial charge in [-0.25, -0.2) is 4.79 Å². The number of thiophene rings is 1. The molecular formula is C12H16ClNO3S. The topological polar surface area (TPSA) is 66.4 Å². The molecule has 0 saturated carbocycles. The van der Waals surface area contributed by atoms with Gasteiger partial charge in [-0.05, 0) is 24.3 Å². The van der Waals surface area contributed by atoms with Crippen molar-refractivity contribution in [2.75, 3.05) is 0 Å². The number of carboxylic acid groups (broad SMARTS) is 1. The van der Waals surface area contributed by atoms with E-state index in [0.29, 0.717) is 16.3 Å². The SMILES string of the molecule is CCCCC(NC(=O)c1scc(C)c1Cl)C(=O)O. The van der Waals surface area contributed by atoms with Crippen molar-refractivity contribution in [3.63, 3.8) is 0 Å². The molecule has 100 valence electrons. The summed E-state index contributed by atoms with van der Waals surface area (Å²) in [6.07, 6.45) is 2.08. The van der Waals surface area contributed by atoms with Gasteiger partial charge in [-0.3, -0.25) is 4.79 Å². The molecule has 1 amide bonds. The molecule has 0 fully saturated rings. The molecule has 1 aromatic heterocycles. The molecule has 6 heteroatoms. The Morgan fingerprint density at radius 1 is 1.56 bits per heavy atom. The van der Waals surface area contributed by atoms with Gasteiger partial charge in [-0.1, -0.05) is 31.4 Å². The quantitative estimate of drug-likeness (QED) is 0.846. The summed E-state index contributed by atoms with van der Waals surface area (Å²) in [7, 11) is 0. The third-order valence-electron chi connectivity index (χ3n) is 2.56. The van der Waals surface area contributed by atoms with E-state index in [9.17, 15) is 9.59 Å². The first-order valence-electron chi connectivity index (χ1n) is 5.74. The molecule has 0 aliphatic rings. The lowest BCUT2D eigenvalue weighted by Gasteiger charge is -2.13. The molecular weight excluding hydrogens is 274 g/mol. The monoisotopic (exact) mass is 289 g/mol. The zero-order chi connectivity index (χ0) is 13.7. The molecule has 18 heavy (non-hydrogen) atoms. The van der Waals surface area contributed by atoms with Crippen molar-refractivity contribution in [3.8, 4) is 0 Å². The number of unbranched alkanes of at least 4 members (excludes halogenated alkanes) is 1. The van der Waals surface area contributed by atoms with Crippen LogP contribution in [0, 0.1) is 6.92 Å². The van der Waals surface area contributed by atoms with Gasteiger partial charge in [0.25, 0.3) is 5.91 Å². The highest BCUT2D eigenvalue weighted by Gasteiger charge is 2.22. The van der Waals surface area contributed by atoms with Gasteiger partial charge in [0, 0.05) is 0 Å². The van der Waals surface area contributed by atoms with Crippen molar-refractivity contribution in [2.24, 2.45) is 0 Å². The highest BCUT2D eigenvalue weighted by molar-refractivity contribution is 7.13. The Labute approximate surface area is 115 Å². The Hall–Kier alpha value is -1.07. The molecule has 0 saturated heterocycles. The van der Waals surface area contributed by atoms with E-state index in [1.807, 2.05) is 6.92 Å². The smallest absolute Gasteiger partial charge is 0.326 e. The average Bonchev–Trinajstić information content (AvgIpc) is 2.65. The maximum absolute atomic E-state index is 11.9. The van der Waals surface area contributed by atoms with Crippen LogP contribution in [0.1, 0.15) is 41.4 Å². The molecule has 1 unspecified atom stereocenters. The first kappa shape index (κ1) is 15.0. The Balaban J connectivity index is 2.72. The van der Waals surface area contributed by atoms with Gasteiger partial charge in [0.2, 0.25) is 0 Å². The van der Waals surface area contributed by atoms with Crippen molar-refractivity contribution in [1.82, 2.24) is 5.32 Å². The molecule has 2 N–H and O–H groups in total. The Morgan fingerprint density at radius 3 is 2.67 bits per heavy atom. The summed E-state index contributed by atoms with van der Waals surface area (Å²) in [5.74, 6) is -1.43. The van der Waals surface area contributed by atoms with Crippen molar-refractivity contribution >= 4 is 34.8 Å². The number of amides is 1. The number of aryl methyl sites for hydroxylation is 1. The lowest BCUT2D eigenvalue weighted by atomic mass is 10.1. The summed E-state index contributed by atoms with van der Waals surface area (Å²) in [6, 6.07) is -0.851. The fraction of sp³-hybridized carbons (Fsp3) is 0.500. The van der Waals surface area contributed by atoms with Crippen molar-refractivity contribution in [2.45, 2.75) is 39.2 Å². The number of aliphatic carboxylic acids is 1. The van der Waals surface area contributed by atoms with E-state index in [-0.39, 0.29) is 0 Å². The molecule has 0 aliphatic heterocycles. The highest BCUT2D eigenvalue weighted by Crippen LogP contribution is 2.27. The summed E-state index contributed by atoms with van der Waals surface area (Å²) in [5, 5.41) is 13.7. The van der Waals surface area contributed by atoms with Crippen molar-refractivity contribution in [1.29, 1.82) is 0 Å². The van der Waals surface area contributed by atoms with Gasteiger partial charge in [0.15, 0.2) is 0 Å². The summed E-state index contributed by atoms with van der Waals surface area (Å²) in [4.78, 5) is 23.3. The van der Waals surface area contributed by atoms with Crippen LogP contribution < -0.4 is 5.32 Å². The van der Waals surface area contributed by atoms with E-state index in [1.54, 1.807) is 12.3 Å². The number of hydrogen-bond donors (Lipinski definition) is 2. The minimum absolute atomic E-state index is 0.372. The zero-order valence-electron chi connectivity index (χ0n) is 10.3. The van der Waals surface area contributed by atoms with Crippen molar-refractivity contribution in [3.05, 3.63) is 20.8 Å². The molecule has 1 heterocycles. The van der Waals surface area contributed by atoms with E-state index in [1.165, 1.54) is 11.3 Å². The Kier molecular flexibility index (Phi) is 5.62. The van der Waals surface area contributed by atoms with Crippen LogP contribution in [0.2, 0.25) is 5.02 Å². The van der Waals surface area contributed by atoms with Crippen molar-refractivity contribution < 1.29 is 14.7 Å². The van der Waals surface area contributed by atoms with Gasteiger partial charge in [-0.15, -0.1) is 11.3 Å². The molecule has 0 radical (unpaired) electrons. The van der Waals surface area contributed by atoms with E-state index in [4.69, 9.17) is 16.7 Å². The fourth-order valence-electron chi connectivity index (χ4n) is 1.47. The van der Waals surface area contributed by atoms with Crippen LogP contribution >= 0.6 is 22.9 Å². The van der Waals surface area contributed by atoms with Gasteiger partial charge < -0.3 is 10.4 Å². The highest BCUT2D eigenvalue weighted by atomic mass is 35.5. The van der Waals surface area contributed by atoms with Crippen LogP contribution in [-0.4, -0.2) is 23.0 Å². The number of nitrogens with one attached hydrogen (secondary N) is 1. The standard InChI is InChI=1S/C12H16ClNO3S/c1-3-4-5-8(12(16)17)14-11(15)10-9(13)7(2)6-18-10/h6,8H,3-5H2,1-2H3,(H,14,15)(H,16,17). The number of carbonyl (C=O) groups excluding carboxylic acids is 1. The normalized spacial score (nSPS) is 12.2. The van der Waals surface area contributed by atoms with Crippen LogP contribution in [0.5, 0.6) is 0 Å². The number of carbonyl (C=O) groups is 2. The molecule has 0 aliphatic carbocycles. The van der Waals surface area contributed by atoms with E-state index in [0.717, 1.165) is 18.4 Å². The molecule has 0 spiro atoms. The minimum atomic E-state index is -1.01. The number of carboxylic acids is 1. The summed E-state index contributed by atoms with van der Waals surface area (Å²) >= 11 is 7.20. The summed E-state index contributed by atoms with van der Waals surface area (Å²) in [5.41, 5.74) is 0.826. The fourth-order valence-corrected chi connectivity index (χ4v) is 2.65. The van der Waals surface area contributed by atoms with Crippen LogP contribution in [0.25, 0.3) is 0 Å². The minimum Gasteiger partial charge on any atom is -0.480 e. The van der Waals surface area contributed by atoms with Gasteiger partial charge in [0.05, 0.1) is 5.02 Å². The maximum atomic E-state index is 11.9. The molecule has 1 rings (SSSR count). The number of hydrogen-bond acceptors (Lipinski definition) is 3. The third kappa shape index (κ3) is 3.71. The Morgan fingerprint density at radius 2 is 2.22 bits per heavy atom. The third-order valence-corrected chi connectivity index (χ3v) is 4.25. The largest absolute Gasteiger partial charge is 0.480 e. The van der Waals surface area contributed by atoms with Gasteiger partial charge >= 0.3 is 5.97 Å². The van der Waals surface area contributed by atoms with Gasteiger partial charge in [-0.2, -0.15) is 0 Å². The predicted octanol–water partition coefficient (Wildman–Crippen LogP) is 3.08. The molecule has 1 atom stereocenters. The first-order chi connectivity index (χ1) is 8.47. The zero-order valence-corrected chi connectivity index (χ0v) is 11.9. The second kappa shape index (κ2) is 6.75. The number of halogens is 1. The lowest BCUT2D eigenvalue weighted by Crippen LogP contribution is -2.40. The molecule has 0 bridgehead atoms. The second-order valence-electron chi connectivity index (χ2n) is 4.07. The van der Waals surface area contributed by atoms with Crippen LogP contribution in [0.3, 0.4) is 0 Å². The second-order valence-corrected chi connectivity index (χ2v) is 5.33. The first-order valence-corrected chi connectivity index (χ1v) is 7.00. The van der Waals surface area contributed by atoms with Gasteiger partial charge in [0.1, 0.15) is 10.9 Å². The van der Waals surface area contributed by atoms with E-state index < -0.39 is 17.9 Å². The maximum Gasteiger partial charge on any atom is 0.326 e. The number of rotatable bonds is 6. The summed E-state index contributed by atoms with van der Waals surface area (Å²) < 4.78 is 0. The van der Waals surface area contributed by atoms with Crippen LogP contribution in [-0.2, 0) is 4.79 Å². The molecule has 4 nitrogen and oxygen atoms in total. The summed E-state index contributed by atoms with van der Waals surface area (Å²) in [6.45, 7) is 3.78. The molecule has 0 aromatic carbocycles. The molecule has 1 aromatic rings. The van der Waals surface area contributed by atoms with Crippen LogP contribution in [0.15, 0.2) is 5.38 Å². The predicted molar refractivity (Wildman–Crippen MR) is 72.5 cm³/mol. The average molecular weight is 290 g/mol.